The van der Waals surface area contributed by atoms with E-state index < -0.39 is 0 Å². The number of para-hydroxylation sites is 1. The van der Waals surface area contributed by atoms with Crippen LogP contribution in [0.2, 0.25) is 0 Å². The average molecular weight is 368 g/mol. The van der Waals surface area contributed by atoms with E-state index in [0.717, 1.165) is 34.4 Å². The molecule has 0 radical (unpaired) electrons. The predicted octanol–water partition coefficient (Wildman–Crippen LogP) is 4.01. The van der Waals surface area contributed by atoms with E-state index in [-0.39, 0.29) is 5.91 Å². The number of carbonyl (C=O) groups excluding carboxylic acids is 1. The first-order valence-electron chi connectivity index (χ1n) is 8.59. The second-order valence-corrected chi connectivity index (χ2v) is 7.30. The number of benzene rings is 1. The molecule has 0 spiro atoms. The first-order chi connectivity index (χ1) is 12.8. The van der Waals surface area contributed by atoms with E-state index in [1.165, 1.54) is 0 Å². The highest BCUT2D eigenvalue weighted by Crippen LogP contribution is 2.34. The fourth-order valence-electron chi connectivity index (χ4n) is 3.12. The second-order valence-electron chi connectivity index (χ2n) is 6.17. The first-order valence-corrected chi connectivity index (χ1v) is 9.57. The first kappa shape index (κ1) is 17.0. The van der Waals surface area contributed by atoms with Crippen LogP contribution >= 0.6 is 11.8 Å². The van der Waals surface area contributed by atoms with Gasteiger partial charge in [0.1, 0.15) is 11.5 Å². The fourth-order valence-corrected chi connectivity index (χ4v) is 4.11. The van der Waals surface area contributed by atoms with Gasteiger partial charge in [-0.15, -0.1) is 11.8 Å². The summed E-state index contributed by atoms with van der Waals surface area (Å²) in [5.41, 5.74) is 1.00. The molecule has 4 rings (SSSR count). The number of furan rings is 2. The van der Waals surface area contributed by atoms with Crippen molar-refractivity contribution in [1.29, 1.82) is 0 Å². The van der Waals surface area contributed by atoms with Gasteiger partial charge in [0.05, 0.1) is 37.8 Å². The van der Waals surface area contributed by atoms with E-state index >= 15 is 0 Å². The van der Waals surface area contributed by atoms with Crippen LogP contribution in [0.1, 0.15) is 11.5 Å². The highest BCUT2D eigenvalue weighted by atomic mass is 32.2. The zero-order chi connectivity index (χ0) is 17.8. The van der Waals surface area contributed by atoms with Crippen molar-refractivity contribution in [1.82, 2.24) is 4.90 Å². The molecule has 6 heteroatoms. The third kappa shape index (κ3) is 3.86. The van der Waals surface area contributed by atoms with Crippen LogP contribution in [0.3, 0.4) is 0 Å². The van der Waals surface area contributed by atoms with Crippen LogP contribution in [0.4, 0.5) is 5.69 Å². The topological polar surface area (TPSA) is 49.8 Å². The molecule has 3 aromatic rings. The van der Waals surface area contributed by atoms with Crippen LogP contribution in [-0.4, -0.2) is 29.6 Å². The van der Waals surface area contributed by atoms with Crippen LogP contribution in [0.25, 0.3) is 0 Å². The van der Waals surface area contributed by atoms with Crippen molar-refractivity contribution in [2.75, 3.05) is 23.7 Å². The Balaban J connectivity index is 1.50. The molecule has 2 aromatic heterocycles. The lowest BCUT2D eigenvalue weighted by molar-refractivity contribution is -0.120. The van der Waals surface area contributed by atoms with Gasteiger partial charge in [-0.1, -0.05) is 12.1 Å². The van der Waals surface area contributed by atoms with Crippen molar-refractivity contribution in [3.8, 4) is 0 Å². The van der Waals surface area contributed by atoms with Gasteiger partial charge < -0.3 is 13.7 Å². The van der Waals surface area contributed by atoms with Gasteiger partial charge in [0.2, 0.25) is 5.91 Å². The van der Waals surface area contributed by atoms with Crippen LogP contribution in [-0.2, 0) is 17.9 Å². The molecule has 26 heavy (non-hydrogen) atoms. The quantitative estimate of drug-likeness (QED) is 0.658. The normalized spacial score (nSPS) is 13.8. The monoisotopic (exact) mass is 368 g/mol. The number of rotatable bonds is 6. The van der Waals surface area contributed by atoms with Crippen LogP contribution in [0.15, 0.2) is 74.8 Å². The van der Waals surface area contributed by atoms with E-state index in [4.69, 9.17) is 8.83 Å². The van der Waals surface area contributed by atoms with Gasteiger partial charge in [0.25, 0.3) is 0 Å². The average Bonchev–Trinajstić information content (AvgIpc) is 3.35. The molecule has 0 bridgehead atoms. The lowest BCUT2D eigenvalue weighted by Crippen LogP contribution is -2.42. The van der Waals surface area contributed by atoms with Crippen molar-refractivity contribution in [2.24, 2.45) is 0 Å². The SMILES string of the molecule is O=C(CN(Cc1ccco1)Cc1ccco1)N1CCSc2ccccc21. The maximum Gasteiger partial charge on any atom is 0.241 e. The standard InChI is InChI=1S/C20H20N2O3S/c23-20(22-9-12-26-19-8-2-1-7-18(19)22)15-21(13-16-5-3-10-24-16)14-17-6-4-11-25-17/h1-8,10-11H,9,12-15H2. The minimum atomic E-state index is 0.0934. The van der Waals surface area contributed by atoms with Crippen LogP contribution in [0, 0.1) is 0 Å². The van der Waals surface area contributed by atoms with Gasteiger partial charge in [-0.05, 0) is 36.4 Å². The van der Waals surface area contributed by atoms with E-state index in [1.807, 2.05) is 52.3 Å². The summed E-state index contributed by atoms with van der Waals surface area (Å²) in [6, 6.07) is 15.7. The van der Waals surface area contributed by atoms with Gasteiger partial charge in [-0.25, -0.2) is 0 Å². The minimum Gasteiger partial charge on any atom is -0.468 e. The summed E-state index contributed by atoms with van der Waals surface area (Å²) >= 11 is 1.80. The predicted molar refractivity (Wildman–Crippen MR) is 101 cm³/mol. The largest absolute Gasteiger partial charge is 0.468 e. The van der Waals surface area contributed by atoms with Crippen LogP contribution in [0.5, 0.6) is 0 Å². The highest BCUT2D eigenvalue weighted by molar-refractivity contribution is 7.99. The lowest BCUT2D eigenvalue weighted by atomic mass is 10.2. The molecule has 0 saturated heterocycles. The molecule has 1 amide bonds. The molecule has 1 aromatic carbocycles. The number of hydrogen-bond acceptors (Lipinski definition) is 5. The summed E-state index contributed by atoms with van der Waals surface area (Å²) in [6.07, 6.45) is 3.31. The summed E-state index contributed by atoms with van der Waals surface area (Å²) in [5, 5.41) is 0. The molecule has 134 valence electrons. The number of anilines is 1. The van der Waals surface area contributed by atoms with Crippen molar-refractivity contribution in [3.05, 3.63) is 72.6 Å². The lowest BCUT2D eigenvalue weighted by Gasteiger charge is -2.31. The summed E-state index contributed by atoms with van der Waals surface area (Å²) < 4.78 is 10.9. The molecule has 0 aliphatic carbocycles. The Hall–Kier alpha value is -2.44. The molecular weight excluding hydrogens is 348 g/mol. The van der Waals surface area contributed by atoms with Gasteiger partial charge in [-0.3, -0.25) is 9.69 Å². The smallest absolute Gasteiger partial charge is 0.241 e. The molecule has 0 saturated carbocycles. The fraction of sp³-hybridized carbons (Fsp3) is 0.250. The van der Waals surface area contributed by atoms with Crippen LogP contribution < -0.4 is 4.90 Å². The molecular formula is C20H20N2O3S. The number of thioether (sulfide) groups is 1. The Kier molecular flexibility index (Phi) is 5.13. The van der Waals surface area contributed by atoms with Crippen molar-refractivity contribution in [2.45, 2.75) is 18.0 Å². The Labute approximate surface area is 156 Å². The summed E-state index contributed by atoms with van der Waals surface area (Å²) in [4.78, 5) is 18.1. The summed E-state index contributed by atoms with van der Waals surface area (Å²) in [6.45, 7) is 2.16. The zero-order valence-electron chi connectivity index (χ0n) is 14.3. The Morgan fingerprint density at radius 1 is 1.00 bits per heavy atom. The van der Waals surface area contributed by atoms with E-state index in [1.54, 1.807) is 24.3 Å². The zero-order valence-corrected chi connectivity index (χ0v) is 15.2. The van der Waals surface area contributed by atoms with Gasteiger partial charge in [-0.2, -0.15) is 0 Å². The molecule has 3 heterocycles. The van der Waals surface area contributed by atoms with Crippen molar-refractivity contribution in [3.63, 3.8) is 0 Å². The summed E-state index contributed by atoms with van der Waals surface area (Å²) in [5.74, 6) is 2.67. The highest BCUT2D eigenvalue weighted by Gasteiger charge is 2.25. The Bertz CT molecular complexity index is 810. The van der Waals surface area contributed by atoms with Crippen molar-refractivity contribution >= 4 is 23.4 Å². The molecule has 0 fully saturated rings. The second kappa shape index (κ2) is 7.85. The Morgan fingerprint density at radius 2 is 1.69 bits per heavy atom. The maximum absolute atomic E-state index is 13.0. The van der Waals surface area contributed by atoms with E-state index in [2.05, 4.69) is 6.07 Å². The Morgan fingerprint density at radius 3 is 2.35 bits per heavy atom. The molecule has 0 N–H and O–H groups in total. The van der Waals surface area contributed by atoms with Gasteiger partial charge >= 0.3 is 0 Å². The number of carbonyl (C=O) groups is 1. The molecule has 0 atom stereocenters. The maximum atomic E-state index is 13.0. The van der Waals surface area contributed by atoms with Gasteiger partial charge in [0.15, 0.2) is 0 Å². The minimum absolute atomic E-state index is 0.0934. The van der Waals surface area contributed by atoms with Gasteiger partial charge in [0, 0.05) is 17.2 Å². The van der Waals surface area contributed by atoms with Crippen molar-refractivity contribution < 1.29 is 13.6 Å². The number of nitrogens with zero attached hydrogens (tertiary/aromatic N) is 2. The van der Waals surface area contributed by atoms with E-state index in [0.29, 0.717) is 19.6 Å². The molecule has 5 nitrogen and oxygen atoms in total. The molecule has 0 unspecified atom stereocenters. The summed E-state index contributed by atoms with van der Waals surface area (Å²) in [7, 11) is 0. The third-order valence-corrected chi connectivity index (χ3v) is 5.35. The number of hydrogen-bond donors (Lipinski definition) is 0. The number of fused-ring (bicyclic) bond motifs is 1. The van der Waals surface area contributed by atoms with E-state index in [9.17, 15) is 4.79 Å². The third-order valence-electron chi connectivity index (χ3n) is 4.31. The molecule has 1 aliphatic rings. The molecule has 1 aliphatic heterocycles. The number of amides is 1.